The third-order valence-corrected chi connectivity index (χ3v) is 9.78. The van der Waals surface area contributed by atoms with Crippen LogP contribution in [-0.2, 0) is 26.2 Å². The summed E-state index contributed by atoms with van der Waals surface area (Å²) in [5.74, 6) is -0.178. The van der Waals surface area contributed by atoms with Crippen molar-refractivity contribution in [2.24, 2.45) is 0 Å². The van der Waals surface area contributed by atoms with Gasteiger partial charge in [-0.2, -0.15) is 0 Å². The van der Waals surface area contributed by atoms with E-state index >= 15 is 0 Å². The highest BCUT2D eigenvalue weighted by atomic mass is 79.9. The molecule has 1 fully saturated rings. The lowest BCUT2D eigenvalue weighted by Gasteiger charge is -2.32. The molecule has 3 aromatic carbocycles. The molecule has 0 heterocycles. The van der Waals surface area contributed by atoms with Gasteiger partial charge in [0.25, 0.3) is 10.0 Å². The molecule has 0 aliphatic heterocycles. The maximum Gasteiger partial charge on any atom is 0.264 e. The van der Waals surface area contributed by atoms with Gasteiger partial charge in [0.05, 0.1) is 17.2 Å². The van der Waals surface area contributed by atoms with Crippen molar-refractivity contribution in [2.45, 2.75) is 70.0 Å². The zero-order chi connectivity index (χ0) is 30.3. The quantitative estimate of drug-likeness (QED) is 0.265. The van der Waals surface area contributed by atoms with Gasteiger partial charge < -0.3 is 15.0 Å². The molecule has 224 valence electrons. The fraction of sp³-hybridized carbons (Fsp3) is 0.375. The number of anilines is 1. The zero-order valence-corrected chi connectivity index (χ0v) is 26.7. The van der Waals surface area contributed by atoms with Gasteiger partial charge in [-0.05, 0) is 87.7 Å². The SMILES string of the molecule is CCOc1ccc(S(=O)(=O)N(CC(=O)N(Cc2ccc(Br)cc2)[C@H](C)C(=O)NC2CCCC2)c2ccc(C)cc2)cc1. The van der Waals surface area contributed by atoms with Crippen LogP contribution in [-0.4, -0.2) is 50.4 Å². The molecule has 0 radical (unpaired) electrons. The Bertz CT molecular complexity index is 1460. The Kier molecular flexibility index (Phi) is 10.7. The molecule has 1 aliphatic rings. The van der Waals surface area contributed by atoms with Gasteiger partial charge in [-0.1, -0.05) is 58.6 Å². The summed E-state index contributed by atoms with van der Waals surface area (Å²) in [5.41, 5.74) is 2.13. The topological polar surface area (TPSA) is 96.0 Å². The first-order valence-corrected chi connectivity index (χ1v) is 16.5. The number of carbonyl (C=O) groups excluding carboxylic acids is 2. The van der Waals surface area contributed by atoms with E-state index in [2.05, 4.69) is 21.2 Å². The van der Waals surface area contributed by atoms with E-state index in [9.17, 15) is 18.0 Å². The third-order valence-electron chi connectivity index (χ3n) is 7.46. The Morgan fingerprint density at radius 3 is 2.19 bits per heavy atom. The second-order valence-corrected chi connectivity index (χ2v) is 13.3. The molecule has 0 unspecified atom stereocenters. The fourth-order valence-corrected chi connectivity index (χ4v) is 6.68. The van der Waals surface area contributed by atoms with Crippen LogP contribution in [0.1, 0.15) is 50.7 Å². The number of rotatable bonds is 12. The van der Waals surface area contributed by atoms with Gasteiger partial charge in [-0.25, -0.2) is 8.42 Å². The largest absolute Gasteiger partial charge is 0.494 e. The van der Waals surface area contributed by atoms with E-state index in [1.54, 1.807) is 43.3 Å². The number of halogens is 1. The highest BCUT2D eigenvalue weighted by molar-refractivity contribution is 9.10. The molecule has 4 rings (SSSR count). The molecule has 42 heavy (non-hydrogen) atoms. The van der Waals surface area contributed by atoms with Gasteiger partial charge in [-0.15, -0.1) is 0 Å². The first kappa shape index (κ1) is 31.6. The molecule has 2 amide bonds. The average molecular weight is 657 g/mol. The van der Waals surface area contributed by atoms with Crippen LogP contribution in [0.4, 0.5) is 5.69 Å². The maximum absolute atomic E-state index is 14.1. The summed E-state index contributed by atoms with van der Waals surface area (Å²) in [6.45, 7) is 5.58. The third kappa shape index (κ3) is 7.92. The van der Waals surface area contributed by atoms with E-state index < -0.39 is 28.5 Å². The highest BCUT2D eigenvalue weighted by Crippen LogP contribution is 2.27. The molecule has 0 bridgehead atoms. The molecule has 1 saturated carbocycles. The minimum Gasteiger partial charge on any atom is -0.494 e. The van der Waals surface area contributed by atoms with Crippen LogP contribution in [0.15, 0.2) is 82.2 Å². The monoisotopic (exact) mass is 655 g/mol. The van der Waals surface area contributed by atoms with E-state index in [0.29, 0.717) is 18.0 Å². The number of nitrogens with zero attached hydrogens (tertiary/aromatic N) is 2. The van der Waals surface area contributed by atoms with Gasteiger partial charge in [0.15, 0.2) is 0 Å². The molecule has 1 aliphatic carbocycles. The van der Waals surface area contributed by atoms with Gasteiger partial charge >= 0.3 is 0 Å². The van der Waals surface area contributed by atoms with Crippen molar-refractivity contribution in [3.05, 3.63) is 88.4 Å². The van der Waals surface area contributed by atoms with Crippen LogP contribution in [0.3, 0.4) is 0 Å². The van der Waals surface area contributed by atoms with Crippen LogP contribution < -0.4 is 14.4 Å². The predicted molar refractivity (Wildman–Crippen MR) is 168 cm³/mol. The fourth-order valence-electron chi connectivity index (χ4n) is 5.00. The summed E-state index contributed by atoms with van der Waals surface area (Å²) in [6, 6.07) is 19.9. The van der Waals surface area contributed by atoms with Crippen molar-refractivity contribution >= 4 is 43.5 Å². The van der Waals surface area contributed by atoms with Crippen LogP contribution in [0.25, 0.3) is 0 Å². The first-order chi connectivity index (χ1) is 20.1. The van der Waals surface area contributed by atoms with Crippen LogP contribution in [0.5, 0.6) is 5.75 Å². The summed E-state index contributed by atoms with van der Waals surface area (Å²) in [5, 5.41) is 3.09. The molecule has 8 nitrogen and oxygen atoms in total. The highest BCUT2D eigenvalue weighted by Gasteiger charge is 2.33. The van der Waals surface area contributed by atoms with Gasteiger partial charge in [-0.3, -0.25) is 13.9 Å². The minimum absolute atomic E-state index is 0.0332. The Balaban J connectivity index is 1.67. The number of aryl methyl sites for hydroxylation is 1. The van der Waals surface area contributed by atoms with Crippen molar-refractivity contribution in [2.75, 3.05) is 17.5 Å². The molecule has 0 spiro atoms. The van der Waals surface area contributed by atoms with E-state index in [-0.39, 0.29) is 23.4 Å². The summed E-state index contributed by atoms with van der Waals surface area (Å²) in [6.07, 6.45) is 3.97. The normalized spacial score (nSPS) is 14.3. The Morgan fingerprint density at radius 1 is 0.976 bits per heavy atom. The van der Waals surface area contributed by atoms with E-state index in [1.807, 2.05) is 38.1 Å². The summed E-state index contributed by atoms with van der Waals surface area (Å²) >= 11 is 3.44. The first-order valence-electron chi connectivity index (χ1n) is 14.2. The van der Waals surface area contributed by atoms with Crippen LogP contribution >= 0.6 is 15.9 Å². The lowest BCUT2D eigenvalue weighted by Crippen LogP contribution is -2.52. The van der Waals surface area contributed by atoms with Gasteiger partial charge in [0.1, 0.15) is 18.3 Å². The minimum atomic E-state index is -4.15. The second-order valence-electron chi connectivity index (χ2n) is 10.6. The van der Waals surface area contributed by atoms with Crippen LogP contribution in [0.2, 0.25) is 0 Å². The molecule has 10 heteroatoms. The molecule has 1 N–H and O–H groups in total. The Morgan fingerprint density at radius 2 is 1.60 bits per heavy atom. The smallest absolute Gasteiger partial charge is 0.264 e. The number of carbonyl (C=O) groups is 2. The maximum atomic E-state index is 14.1. The lowest BCUT2D eigenvalue weighted by atomic mass is 10.1. The van der Waals surface area contributed by atoms with Crippen molar-refractivity contribution in [1.82, 2.24) is 10.2 Å². The van der Waals surface area contributed by atoms with E-state index in [0.717, 1.165) is 45.6 Å². The number of hydrogen-bond donors (Lipinski definition) is 1. The van der Waals surface area contributed by atoms with Gasteiger partial charge in [0, 0.05) is 17.1 Å². The van der Waals surface area contributed by atoms with Crippen molar-refractivity contribution in [1.29, 1.82) is 0 Å². The molecular formula is C32H38BrN3O5S. The molecule has 1 atom stereocenters. The molecule has 0 saturated heterocycles. The van der Waals surface area contributed by atoms with Crippen molar-refractivity contribution in [3.63, 3.8) is 0 Å². The number of benzene rings is 3. The van der Waals surface area contributed by atoms with Crippen molar-refractivity contribution in [3.8, 4) is 5.75 Å². The molecule has 0 aromatic heterocycles. The van der Waals surface area contributed by atoms with E-state index in [4.69, 9.17) is 4.74 Å². The predicted octanol–water partition coefficient (Wildman–Crippen LogP) is 5.83. The number of ether oxygens (including phenoxy) is 1. The lowest BCUT2D eigenvalue weighted by molar-refractivity contribution is -0.139. The molecule has 3 aromatic rings. The standard InChI is InChI=1S/C32H38BrN3O5S/c1-4-41-29-17-19-30(20-18-29)42(39,40)36(28-15-9-23(2)10-16-28)22-31(37)35(21-25-11-13-26(33)14-12-25)24(3)32(38)34-27-7-5-6-8-27/h9-20,24,27H,4-8,21-22H2,1-3H3,(H,34,38)/t24-/m1/s1. The Labute approximate surface area is 257 Å². The number of nitrogens with one attached hydrogen (secondary N) is 1. The average Bonchev–Trinajstić information content (AvgIpc) is 3.49. The summed E-state index contributed by atoms with van der Waals surface area (Å²) in [4.78, 5) is 28.9. The zero-order valence-electron chi connectivity index (χ0n) is 24.3. The molecular weight excluding hydrogens is 618 g/mol. The number of amides is 2. The second kappa shape index (κ2) is 14.2. The van der Waals surface area contributed by atoms with Crippen molar-refractivity contribution < 1.29 is 22.7 Å². The summed E-state index contributed by atoms with van der Waals surface area (Å²) < 4.78 is 35.5. The Hall–Kier alpha value is -3.37. The number of sulfonamides is 1. The number of hydrogen-bond acceptors (Lipinski definition) is 5. The van der Waals surface area contributed by atoms with Crippen LogP contribution in [0, 0.1) is 6.92 Å². The van der Waals surface area contributed by atoms with E-state index in [1.165, 1.54) is 17.0 Å². The van der Waals surface area contributed by atoms with Gasteiger partial charge in [0.2, 0.25) is 11.8 Å². The summed E-state index contributed by atoms with van der Waals surface area (Å²) in [7, 11) is -4.15.